The summed E-state index contributed by atoms with van der Waals surface area (Å²) in [5.74, 6) is -0.995. The lowest BCUT2D eigenvalue weighted by molar-refractivity contribution is -0.152. The van der Waals surface area contributed by atoms with Crippen molar-refractivity contribution >= 4 is 39.5 Å². The molecule has 1 heterocycles. The maximum absolute atomic E-state index is 12.8. The van der Waals surface area contributed by atoms with Gasteiger partial charge < -0.3 is 4.74 Å². The molecule has 0 aromatic heterocycles. The fraction of sp³-hybridized carbons (Fsp3) is 0.429. The van der Waals surface area contributed by atoms with Gasteiger partial charge in [-0.1, -0.05) is 40.2 Å². The monoisotopic (exact) mass is 443 g/mol. The fourth-order valence-electron chi connectivity index (χ4n) is 5.21. The Bertz CT molecular complexity index is 887. The smallest absolute Gasteiger partial charge is 0.326 e. The second-order valence-corrected chi connectivity index (χ2v) is 8.92. The zero-order valence-corrected chi connectivity index (χ0v) is 16.5. The van der Waals surface area contributed by atoms with Crippen LogP contribution in [0.3, 0.4) is 0 Å². The summed E-state index contributed by atoms with van der Waals surface area (Å²) in [6.07, 6.45) is 5.27. The van der Waals surface area contributed by atoms with Crippen molar-refractivity contribution in [3.8, 4) is 0 Å². The lowest BCUT2D eigenvalue weighted by Gasteiger charge is -2.37. The summed E-state index contributed by atoms with van der Waals surface area (Å²) >= 11 is 3.29. The van der Waals surface area contributed by atoms with Gasteiger partial charge in [0.25, 0.3) is 0 Å². The van der Waals surface area contributed by atoms with E-state index in [1.54, 1.807) is 24.3 Å². The van der Waals surface area contributed by atoms with Crippen LogP contribution in [-0.2, 0) is 19.1 Å². The van der Waals surface area contributed by atoms with Crippen molar-refractivity contribution in [2.75, 3.05) is 13.2 Å². The first kappa shape index (κ1) is 17.8. The predicted molar refractivity (Wildman–Crippen MR) is 101 cm³/mol. The highest BCUT2D eigenvalue weighted by Gasteiger charge is 2.67. The zero-order chi connectivity index (χ0) is 19.6. The molecule has 1 aromatic rings. The molecular formula is C21H18BrNO5. The summed E-state index contributed by atoms with van der Waals surface area (Å²) < 4.78 is 5.88. The SMILES string of the molecule is O=C(CN1C(=O)[C@@H]2[C@H]3C=C[C@@H]([C@@H]4C[C@@H]34)[C@@H]2C1=O)OCC(=O)c1ccc(Br)cc1. The molecule has 6 rings (SSSR count). The molecular weight excluding hydrogens is 426 g/mol. The van der Waals surface area contributed by atoms with Gasteiger partial charge in [-0.3, -0.25) is 24.1 Å². The molecule has 1 aliphatic heterocycles. The van der Waals surface area contributed by atoms with Crippen molar-refractivity contribution in [1.29, 1.82) is 0 Å². The van der Waals surface area contributed by atoms with E-state index < -0.39 is 19.1 Å². The highest BCUT2D eigenvalue weighted by atomic mass is 79.9. The van der Waals surface area contributed by atoms with Crippen molar-refractivity contribution in [2.45, 2.75) is 6.42 Å². The first-order chi connectivity index (χ1) is 13.5. The molecule has 0 unspecified atom stereocenters. The van der Waals surface area contributed by atoms with E-state index in [-0.39, 0.29) is 41.3 Å². The summed E-state index contributed by atoms with van der Waals surface area (Å²) in [6, 6.07) is 6.72. The highest BCUT2D eigenvalue weighted by molar-refractivity contribution is 9.10. The number of hydrogen-bond donors (Lipinski definition) is 0. The summed E-state index contributed by atoms with van der Waals surface area (Å²) in [7, 11) is 0. The van der Waals surface area contributed by atoms with Gasteiger partial charge in [0, 0.05) is 10.0 Å². The van der Waals surface area contributed by atoms with Gasteiger partial charge in [-0.05, 0) is 42.2 Å². The summed E-state index contributed by atoms with van der Waals surface area (Å²) in [6.45, 7) is -0.840. The van der Waals surface area contributed by atoms with E-state index in [1.807, 2.05) is 0 Å². The maximum Gasteiger partial charge on any atom is 0.326 e. The lowest BCUT2D eigenvalue weighted by Crippen LogP contribution is -2.40. The summed E-state index contributed by atoms with van der Waals surface area (Å²) in [4.78, 5) is 51.0. The first-order valence-electron chi connectivity index (χ1n) is 9.43. The Morgan fingerprint density at radius 3 is 2.14 bits per heavy atom. The van der Waals surface area contributed by atoms with Crippen molar-refractivity contribution in [3.05, 3.63) is 46.5 Å². The molecule has 2 saturated carbocycles. The van der Waals surface area contributed by atoms with Crippen LogP contribution in [0, 0.1) is 35.5 Å². The van der Waals surface area contributed by atoms with Crippen LogP contribution in [0.25, 0.3) is 0 Å². The molecule has 0 radical (unpaired) electrons. The molecule has 0 spiro atoms. The number of imide groups is 1. The number of esters is 1. The van der Waals surface area contributed by atoms with Crippen molar-refractivity contribution < 1.29 is 23.9 Å². The molecule has 0 N–H and O–H groups in total. The first-order valence-corrected chi connectivity index (χ1v) is 10.2. The van der Waals surface area contributed by atoms with E-state index in [2.05, 4.69) is 28.1 Å². The van der Waals surface area contributed by atoms with E-state index in [4.69, 9.17) is 4.74 Å². The minimum atomic E-state index is -0.740. The molecule has 2 bridgehead atoms. The average molecular weight is 444 g/mol. The van der Waals surface area contributed by atoms with Gasteiger partial charge in [0.2, 0.25) is 11.8 Å². The number of carbonyl (C=O) groups excluding carboxylic acids is 4. The van der Waals surface area contributed by atoms with Gasteiger partial charge in [0.15, 0.2) is 12.4 Å². The number of ether oxygens (including phenoxy) is 1. The Morgan fingerprint density at radius 1 is 1.00 bits per heavy atom. The third-order valence-corrected chi connectivity index (χ3v) is 7.10. The van der Waals surface area contributed by atoms with E-state index >= 15 is 0 Å². The number of ketones is 1. The van der Waals surface area contributed by atoms with Crippen LogP contribution in [0.4, 0.5) is 0 Å². The van der Waals surface area contributed by atoms with Gasteiger partial charge in [0.05, 0.1) is 11.8 Å². The minimum absolute atomic E-state index is 0.122. The molecule has 1 aromatic carbocycles. The van der Waals surface area contributed by atoms with Gasteiger partial charge in [-0.2, -0.15) is 0 Å². The van der Waals surface area contributed by atoms with Crippen LogP contribution in [0.5, 0.6) is 0 Å². The molecule has 2 amide bonds. The molecule has 4 aliphatic carbocycles. The van der Waals surface area contributed by atoms with E-state index in [0.29, 0.717) is 17.4 Å². The van der Waals surface area contributed by atoms with Crippen molar-refractivity contribution in [1.82, 2.24) is 4.90 Å². The summed E-state index contributed by atoms with van der Waals surface area (Å²) in [5, 5.41) is 0. The number of allylic oxidation sites excluding steroid dienone is 2. The quantitative estimate of drug-likeness (QED) is 0.301. The number of halogens is 1. The third-order valence-electron chi connectivity index (χ3n) is 6.57. The fourth-order valence-corrected chi connectivity index (χ4v) is 5.48. The second-order valence-electron chi connectivity index (χ2n) is 8.01. The van der Waals surface area contributed by atoms with Gasteiger partial charge in [0.1, 0.15) is 6.54 Å². The highest BCUT2D eigenvalue weighted by Crippen LogP contribution is 2.65. The number of benzene rings is 1. The van der Waals surface area contributed by atoms with E-state index in [9.17, 15) is 19.2 Å². The minimum Gasteiger partial charge on any atom is -0.456 e. The number of hydrogen-bond acceptors (Lipinski definition) is 5. The number of rotatable bonds is 5. The van der Waals surface area contributed by atoms with Crippen LogP contribution in [-0.4, -0.2) is 41.6 Å². The molecule has 7 heteroatoms. The number of nitrogens with zero attached hydrogens (tertiary/aromatic N) is 1. The van der Waals surface area contributed by atoms with Gasteiger partial charge in [-0.25, -0.2) is 0 Å². The standard InChI is InChI=1S/C21H18BrNO5/c22-11-3-1-10(2-4-11)16(24)9-28-17(25)8-23-20(26)18-12-5-6-13(15-7-14(12)15)19(18)21(23)27/h1-6,12-15,18-19H,7-9H2/t12-,13-,14-,15-,18-,19+/m0/s1. The molecule has 28 heavy (non-hydrogen) atoms. The largest absolute Gasteiger partial charge is 0.456 e. The van der Waals surface area contributed by atoms with Crippen LogP contribution in [0.2, 0.25) is 0 Å². The Hall–Kier alpha value is -2.28. The van der Waals surface area contributed by atoms with E-state index in [1.165, 1.54) is 0 Å². The predicted octanol–water partition coefficient (Wildman–Crippen LogP) is 2.23. The maximum atomic E-state index is 12.8. The van der Waals surface area contributed by atoms with Crippen LogP contribution < -0.4 is 0 Å². The molecule has 1 saturated heterocycles. The normalized spacial score (nSPS) is 34.2. The number of carbonyl (C=O) groups is 4. The Kier molecular flexibility index (Phi) is 4.05. The van der Waals surface area contributed by atoms with Crippen LogP contribution >= 0.6 is 15.9 Å². The van der Waals surface area contributed by atoms with E-state index in [0.717, 1.165) is 15.8 Å². The average Bonchev–Trinajstić information content (AvgIpc) is 3.48. The molecule has 6 atom stereocenters. The van der Waals surface area contributed by atoms with Crippen LogP contribution in [0.1, 0.15) is 16.8 Å². The lowest BCUT2D eigenvalue weighted by atomic mass is 9.63. The molecule has 5 aliphatic rings. The van der Waals surface area contributed by atoms with Crippen molar-refractivity contribution in [2.24, 2.45) is 35.5 Å². The Morgan fingerprint density at radius 2 is 1.57 bits per heavy atom. The summed E-state index contributed by atoms with van der Waals surface area (Å²) in [5.41, 5.74) is 0.428. The molecule has 3 fully saturated rings. The molecule has 6 nitrogen and oxygen atoms in total. The van der Waals surface area contributed by atoms with Crippen LogP contribution in [0.15, 0.2) is 40.9 Å². The molecule has 144 valence electrons. The van der Waals surface area contributed by atoms with Gasteiger partial charge in [-0.15, -0.1) is 0 Å². The number of likely N-dealkylation sites (tertiary alicyclic amines) is 1. The van der Waals surface area contributed by atoms with Gasteiger partial charge >= 0.3 is 5.97 Å². The number of amides is 2. The second kappa shape index (κ2) is 6.37. The topological polar surface area (TPSA) is 80.8 Å². The third kappa shape index (κ3) is 2.67. The zero-order valence-electron chi connectivity index (χ0n) is 14.9. The Labute approximate surface area is 170 Å². The number of Topliss-reactive ketones (excluding diaryl/α,β-unsaturated/α-hetero) is 1. The Balaban J connectivity index is 1.21. The van der Waals surface area contributed by atoms with Crippen molar-refractivity contribution in [3.63, 3.8) is 0 Å².